The molecule has 0 unspecified atom stereocenters. The molecule has 1 amide bonds. The van der Waals surface area contributed by atoms with Crippen LogP contribution >= 0.6 is 11.6 Å². The molecule has 0 atom stereocenters. The fourth-order valence-electron chi connectivity index (χ4n) is 5.55. The van der Waals surface area contributed by atoms with Gasteiger partial charge >= 0.3 is 0 Å². The number of benzene rings is 4. The van der Waals surface area contributed by atoms with Crippen molar-refractivity contribution in [3.8, 4) is 23.0 Å². The average Bonchev–Trinajstić information content (AvgIpc) is 3.07. The number of sulfonamides is 1. The quantitative estimate of drug-likeness (QED) is 0.190. The highest BCUT2D eigenvalue weighted by molar-refractivity contribution is 7.92. The number of carbonyl (C=O) groups is 1. The Hall–Kier alpha value is -4.55. The Bertz CT molecular complexity index is 1900. The maximum absolute atomic E-state index is 14.8. The van der Waals surface area contributed by atoms with Crippen molar-refractivity contribution in [3.63, 3.8) is 0 Å². The average molecular weight is 687 g/mol. The fourth-order valence-corrected chi connectivity index (χ4v) is 7.22. The van der Waals surface area contributed by atoms with E-state index in [0.29, 0.717) is 30.2 Å². The zero-order valence-electron chi connectivity index (χ0n) is 26.2. The molecule has 1 aliphatic rings. The molecule has 13 heteroatoms. The highest BCUT2D eigenvalue weighted by Gasteiger charge is 2.33. The Morgan fingerprint density at radius 2 is 1.45 bits per heavy atom. The van der Waals surface area contributed by atoms with Crippen LogP contribution in [0.4, 0.5) is 14.5 Å². The predicted molar refractivity (Wildman–Crippen MR) is 173 cm³/mol. The first-order valence-corrected chi connectivity index (χ1v) is 16.3. The molecule has 0 aliphatic carbocycles. The van der Waals surface area contributed by atoms with Crippen LogP contribution < -0.4 is 23.3 Å². The lowest BCUT2D eigenvalue weighted by Crippen LogP contribution is -2.45. The number of rotatable bonds is 11. The van der Waals surface area contributed by atoms with E-state index >= 15 is 0 Å². The number of anilines is 1. The van der Waals surface area contributed by atoms with Crippen molar-refractivity contribution in [1.29, 1.82) is 0 Å². The zero-order valence-corrected chi connectivity index (χ0v) is 27.8. The molecule has 4 aromatic carbocycles. The Labute approximate surface area is 277 Å². The van der Waals surface area contributed by atoms with Gasteiger partial charge in [-0.2, -0.15) is 0 Å². The highest BCUT2D eigenvalue weighted by atomic mass is 35.5. The summed E-state index contributed by atoms with van der Waals surface area (Å²) in [6.45, 7) is -0.0974. The monoisotopic (exact) mass is 686 g/mol. The lowest BCUT2D eigenvalue weighted by molar-refractivity contribution is -0.130. The van der Waals surface area contributed by atoms with E-state index in [2.05, 4.69) is 0 Å². The maximum atomic E-state index is 14.8. The van der Waals surface area contributed by atoms with Crippen LogP contribution in [0.1, 0.15) is 22.3 Å². The molecular formula is C34H33ClF2N2O7S. The number of hydrogen-bond acceptors (Lipinski definition) is 7. The molecule has 4 aromatic rings. The van der Waals surface area contributed by atoms with Crippen LogP contribution in [0.15, 0.2) is 71.6 Å². The van der Waals surface area contributed by atoms with Gasteiger partial charge in [0.15, 0.2) is 23.0 Å². The van der Waals surface area contributed by atoms with Gasteiger partial charge in [0.25, 0.3) is 10.0 Å². The Morgan fingerprint density at radius 3 is 2.09 bits per heavy atom. The van der Waals surface area contributed by atoms with Gasteiger partial charge in [-0.25, -0.2) is 17.2 Å². The first kappa shape index (κ1) is 33.8. The molecule has 0 N–H and O–H groups in total. The fraction of sp³-hybridized carbons (Fsp3) is 0.265. The maximum Gasteiger partial charge on any atom is 0.264 e. The topological polar surface area (TPSA) is 94.6 Å². The second kappa shape index (κ2) is 14.1. The molecule has 0 aromatic heterocycles. The van der Waals surface area contributed by atoms with Crippen LogP contribution in [0.2, 0.25) is 5.02 Å². The van der Waals surface area contributed by atoms with Crippen molar-refractivity contribution in [1.82, 2.24) is 4.90 Å². The zero-order chi connectivity index (χ0) is 33.9. The Morgan fingerprint density at radius 1 is 0.830 bits per heavy atom. The van der Waals surface area contributed by atoms with E-state index in [0.717, 1.165) is 27.6 Å². The van der Waals surface area contributed by atoms with Crippen molar-refractivity contribution in [2.45, 2.75) is 24.3 Å². The molecule has 1 aliphatic heterocycles. The molecule has 47 heavy (non-hydrogen) atoms. The summed E-state index contributed by atoms with van der Waals surface area (Å²) in [7, 11) is 1.36. The number of fused-ring (bicyclic) bond motifs is 1. The molecule has 9 nitrogen and oxygen atoms in total. The van der Waals surface area contributed by atoms with Gasteiger partial charge in [0, 0.05) is 36.2 Å². The van der Waals surface area contributed by atoms with Crippen LogP contribution in [0.5, 0.6) is 23.0 Å². The van der Waals surface area contributed by atoms with Gasteiger partial charge < -0.3 is 23.8 Å². The van der Waals surface area contributed by atoms with E-state index in [1.165, 1.54) is 63.8 Å². The van der Waals surface area contributed by atoms with E-state index in [4.69, 9.17) is 30.5 Å². The number of amides is 1. The van der Waals surface area contributed by atoms with Crippen molar-refractivity contribution in [2.75, 3.05) is 45.8 Å². The summed E-state index contributed by atoms with van der Waals surface area (Å²) in [5.41, 5.74) is 1.76. The van der Waals surface area contributed by atoms with Crippen molar-refractivity contribution in [3.05, 3.63) is 106 Å². The molecule has 5 rings (SSSR count). The van der Waals surface area contributed by atoms with Gasteiger partial charge in [0.1, 0.15) is 18.2 Å². The third-order valence-electron chi connectivity index (χ3n) is 8.03. The van der Waals surface area contributed by atoms with Crippen molar-refractivity contribution in [2.24, 2.45) is 0 Å². The van der Waals surface area contributed by atoms with Crippen molar-refractivity contribution >= 4 is 33.2 Å². The third kappa shape index (κ3) is 6.93. The number of nitrogens with zero attached hydrogens (tertiary/aromatic N) is 2. The minimum Gasteiger partial charge on any atom is -0.493 e. The smallest absolute Gasteiger partial charge is 0.264 e. The van der Waals surface area contributed by atoms with E-state index in [9.17, 15) is 22.0 Å². The second-order valence-electron chi connectivity index (χ2n) is 10.7. The first-order chi connectivity index (χ1) is 22.5. The van der Waals surface area contributed by atoms with E-state index in [1.54, 1.807) is 18.1 Å². The van der Waals surface area contributed by atoms with E-state index in [-0.39, 0.29) is 45.4 Å². The number of ether oxygens (including phenoxy) is 4. The minimum absolute atomic E-state index is 0.0315. The molecule has 248 valence electrons. The summed E-state index contributed by atoms with van der Waals surface area (Å²) in [5.74, 6) is -0.575. The predicted octanol–water partition coefficient (Wildman–Crippen LogP) is 6.02. The van der Waals surface area contributed by atoms with Crippen LogP contribution in [0, 0.1) is 11.6 Å². The molecule has 1 heterocycles. The molecule has 0 fully saturated rings. The summed E-state index contributed by atoms with van der Waals surface area (Å²) in [6.07, 6.45) is 0.169. The number of carbonyl (C=O) groups excluding carboxylic acids is 1. The normalized spacial score (nSPS) is 12.7. The lowest BCUT2D eigenvalue weighted by Gasteiger charge is -2.33. The first-order valence-electron chi connectivity index (χ1n) is 14.5. The Kier molecular flexibility index (Phi) is 10.1. The summed E-state index contributed by atoms with van der Waals surface area (Å²) in [5, 5.41) is 0.215. The lowest BCUT2D eigenvalue weighted by atomic mass is 9.98. The van der Waals surface area contributed by atoms with Gasteiger partial charge in [-0.3, -0.25) is 9.10 Å². The van der Waals surface area contributed by atoms with Gasteiger partial charge in [-0.05, 0) is 77.7 Å². The van der Waals surface area contributed by atoms with E-state index in [1.807, 2.05) is 6.07 Å². The third-order valence-corrected chi connectivity index (χ3v) is 10.0. The standard InChI is InChI=1S/C34H33ClF2N2O7S/c1-43-30-11-9-25(18-33(30)46-4)47(41,42)39(29-10-8-24(35)14-22(29)15-26-27(36)6-5-7-28(26)37)20-34(40)38-13-12-21-16-31(44-2)32(45-3)17-23(21)19-38/h5-11,14,16-18H,12-13,15,19-20H2,1-4H3. The van der Waals surface area contributed by atoms with Crippen LogP contribution in [0.25, 0.3) is 0 Å². The van der Waals surface area contributed by atoms with Crippen LogP contribution in [-0.4, -0.2) is 60.8 Å². The second-order valence-corrected chi connectivity index (χ2v) is 13.0. The summed E-state index contributed by atoms with van der Waals surface area (Å²) >= 11 is 6.31. The van der Waals surface area contributed by atoms with Crippen LogP contribution in [0.3, 0.4) is 0 Å². The Balaban J connectivity index is 1.58. The number of hydrogen-bond donors (Lipinski definition) is 0. The molecule has 0 bridgehead atoms. The van der Waals surface area contributed by atoms with Gasteiger partial charge in [0.2, 0.25) is 5.91 Å². The van der Waals surface area contributed by atoms with Gasteiger partial charge in [0.05, 0.1) is 39.0 Å². The van der Waals surface area contributed by atoms with Gasteiger partial charge in [-0.1, -0.05) is 17.7 Å². The summed E-state index contributed by atoms with van der Waals surface area (Å²) in [4.78, 5) is 15.3. The molecule has 0 spiro atoms. The largest absolute Gasteiger partial charge is 0.493 e. The number of methoxy groups -OCH3 is 4. The summed E-state index contributed by atoms with van der Waals surface area (Å²) in [6, 6.07) is 15.5. The molecule has 0 radical (unpaired) electrons. The van der Waals surface area contributed by atoms with E-state index < -0.39 is 34.1 Å². The molecule has 0 saturated heterocycles. The van der Waals surface area contributed by atoms with Crippen LogP contribution in [-0.2, 0) is 34.2 Å². The minimum atomic E-state index is -4.49. The SMILES string of the molecule is COc1ccc(S(=O)(=O)N(CC(=O)N2CCc3cc(OC)c(OC)cc3C2)c2ccc(Cl)cc2Cc2c(F)cccc2F)cc1OC. The number of halogens is 3. The summed E-state index contributed by atoms with van der Waals surface area (Å²) < 4.78 is 80.9. The van der Waals surface area contributed by atoms with Gasteiger partial charge in [-0.15, -0.1) is 0 Å². The highest BCUT2D eigenvalue weighted by Crippen LogP contribution is 2.37. The van der Waals surface area contributed by atoms with Crippen molar-refractivity contribution < 1.29 is 40.9 Å². The molecular weight excluding hydrogens is 654 g/mol. The molecule has 0 saturated carbocycles.